The Bertz CT molecular complexity index is 128. The Balaban J connectivity index is 2.11. The van der Waals surface area contributed by atoms with E-state index in [1.807, 2.05) is 0 Å². The van der Waals surface area contributed by atoms with Crippen LogP contribution in [0.2, 0.25) is 0 Å². The monoisotopic (exact) mass is 172 g/mol. The van der Waals surface area contributed by atoms with Gasteiger partial charge in [-0.25, -0.2) is 0 Å². The number of hydrogen-bond acceptors (Lipinski definition) is 3. The summed E-state index contributed by atoms with van der Waals surface area (Å²) >= 11 is 0. The highest BCUT2D eigenvalue weighted by atomic mass is 16.3. The van der Waals surface area contributed by atoms with Gasteiger partial charge in [-0.15, -0.1) is 0 Å². The van der Waals surface area contributed by atoms with E-state index < -0.39 is 0 Å². The van der Waals surface area contributed by atoms with Gasteiger partial charge in [-0.3, -0.25) is 0 Å². The van der Waals surface area contributed by atoms with E-state index in [0.29, 0.717) is 18.6 Å². The van der Waals surface area contributed by atoms with Crippen molar-refractivity contribution in [3.8, 4) is 0 Å². The van der Waals surface area contributed by atoms with Crippen LogP contribution in [0.3, 0.4) is 0 Å². The molecular formula is C9H20N2O. The molecule has 12 heavy (non-hydrogen) atoms. The normalized spacial score (nSPS) is 30.0. The molecule has 1 rings (SSSR count). The van der Waals surface area contributed by atoms with Crippen LogP contribution in [-0.4, -0.2) is 49.8 Å². The van der Waals surface area contributed by atoms with Gasteiger partial charge in [0.05, 0.1) is 0 Å². The smallest absolute Gasteiger partial charge is 0.0471 e. The summed E-state index contributed by atoms with van der Waals surface area (Å²) in [7, 11) is 4.19. The minimum absolute atomic E-state index is 0.339. The maximum Gasteiger partial charge on any atom is 0.0471 e. The number of aliphatic hydroxyl groups excluding tert-OH is 1. The first-order chi connectivity index (χ1) is 5.72. The van der Waals surface area contributed by atoms with E-state index in [0.717, 1.165) is 19.5 Å². The molecule has 72 valence electrons. The second-order valence-corrected chi connectivity index (χ2v) is 3.98. The summed E-state index contributed by atoms with van der Waals surface area (Å²) < 4.78 is 0. The first-order valence-corrected chi connectivity index (χ1v) is 4.71. The molecule has 2 N–H and O–H groups in total. The fourth-order valence-electron chi connectivity index (χ4n) is 1.68. The van der Waals surface area contributed by atoms with Crippen LogP contribution in [0.25, 0.3) is 0 Å². The zero-order valence-corrected chi connectivity index (χ0v) is 8.08. The molecule has 0 amide bonds. The van der Waals surface area contributed by atoms with Crippen molar-refractivity contribution in [1.29, 1.82) is 0 Å². The van der Waals surface area contributed by atoms with Gasteiger partial charge >= 0.3 is 0 Å². The van der Waals surface area contributed by atoms with E-state index in [1.54, 1.807) is 0 Å². The summed E-state index contributed by atoms with van der Waals surface area (Å²) in [5, 5.41) is 12.3. The molecule has 0 saturated carbocycles. The quantitative estimate of drug-likeness (QED) is 0.622. The molecule has 0 spiro atoms. The lowest BCUT2D eigenvalue weighted by atomic mass is 10.0. The SMILES string of the molecule is CN(C)CCC1CC(CO)CN1. The van der Waals surface area contributed by atoms with E-state index in [2.05, 4.69) is 24.3 Å². The third-order valence-electron chi connectivity index (χ3n) is 2.50. The first-order valence-electron chi connectivity index (χ1n) is 4.71. The average Bonchev–Trinajstić information content (AvgIpc) is 2.48. The van der Waals surface area contributed by atoms with E-state index in [1.165, 1.54) is 6.42 Å². The Morgan fingerprint density at radius 3 is 2.75 bits per heavy atom. The van der Waals surface area contributed by atoms with Crippen LogP contribution in [-0.2, 0) is 0 Å². The number of aliphatic hydroxyl groups is 1. The molecule has 0 aliphatic carbocycles. The molecule has 0 radical (unpaired) electrons. The molecule has 3 heteroatoms. The van der Waals surface area contributed by atoms with Gasteiger partial charge < -0.3 is 15.3 Å². The van der Waals surface area contributed by atoms with Crippen molar-refractivity contribution >= 4 is 0 Å². The summed E-state index contributed by atoms with van der Waals surface area (Å²) in [4.78, 5) is 2.20. The average molecular weight is 172 g/mol. The summed E-state index contributed by atoms with van der Waals surface area (Å²) in [6.07, 6.45) is 2.34. The lowest BCUT2D eigenvalue weighted by molar-refractivity contribution is 0.234. The molecule has 1 fully saturated rings. The van der Waals surface area contributed by atoms with E-state index in [-0.39, 0.29) is 0 Å². The van der Waals surface area contributed by atoms with Crippen LogP contribution < -0.4 is 5.32 Å². The molecular weight excluding hydrogens is 152 g/mol. The zero-order valence-electron chi connectivity index (χ0n) is 8.08. The highest BCUT2D eigenvalue weighted by molar-refractivity contribution is 4.81. The topological polar surface area (TPSA) is 35.5 Å². The lowest BCUT2D eigenvalue weighted by Crippen LogP contribution is -2.26. The minimum atomic E-state index is 0.339. The fraction of sp³-hybridized carbons (Fsp3) is 1.00. The van der Waals surface area contributed by atoms with Gasteiger partial charge in [0.1, 0.15) is 0 Å². The molecule has 0 aromatic rings. The standard InChI is InChI=1S/C9H20N2O/c1-11(2)4-3-9-5-8(7-12)6-10-9/h8-10,12H,3-7H2,1-2H3. The van der Waals surface area contributed by atoms with Crippen LogP contribution in [0.15, 0.2) is 0 Å². The molecule has 1 saturated heterocycles. The zero-order chi connectivity index (χ0) is 8.97. The Morgan fingerprint density at radius 2 is 2.25 bits per heavy atom. The Morgan fingerprint density at radius 1 is 1.50 bits per heavy atom. The van der Waals surface area contributed by atoms with Crippen molar-refractivity contribution in [3.63, 3.8) is 0 Å². The minimum Gasteiger partial charge on any atom is -0.396 e. The first kappa shape index (κ1) is 9.96. The largest absolute Gasteiger partial charge is 0.396 e. The number of nitrogens with zero attached hydrogens (tertiary/aromatic N) is 1. The summed E-state index contributed by atoms with van der Waals surface area (Å²) in [6.45, 7) is 2.47. The van der Waals surface area contributed by atoms with Crippen molar-refractivity contribution < 1.29 is 5.11 Å². The van der Waals surface area contributed by atoms with Gasteiger partial charge in [-0.2, -0.15) is 0 Å². The Kier molecular flexibility index (Phi) is 3.98. The van der Waals surface area contributed by atoms with Gasteiger partial charge in [0.25, 0.3) is 0 Å². The molecule has 2 unspecified atom stereocenters. The van der Waals surface area contributed by atoms with Crippen molar-refractivity contribution in [1.82, 2.24) is 10.2 Å². The van der Waals surface area contributed by atoms with Crippen LogP contribution >= 0.6 is 0 Å². The highest BCUT2D eigenvalue weighted by Crippen LogP contribution is 2.15. The van der Waals surface area contributed by atoms with E-state index >= 15 is 0 Å². The molecule has 3 nitrogen and oxygen atoms in total. The molecule has 1 aliphatic heterocycles. The summed E-state index contributed by atoms with van der Waals surface area (Å²) in [5.41, 5.74) is 0. The van der Waals surface area contributed by atoms with Crippen molar-refractivity contribution in [2.75, 3.05) is 33.8 Å². The summed E-state index contributed by atoms with van der Waals surface area (Å²) in [5.74, 6) is 0.497. The lowest BCUT2D eigenvalue weighted by Gasteiger charge is -2.14. The number of nitrogens with one attached hydrogen (secondary N) is 1. The molecule has 0 bridgehead atoms. The van der Waals surface area contributed by atoms with Gasteiger partial charge in [-0.1, -0.05) is 0 Å². The molecule has 1 aliphatic rings. The van der Waals surface area contributed by atoms with E-state index in [9.17, 15) is 0 Å². The molecule has 1 heterocycles. The van der Waals surface area contributed by atoms with Crippen molar-refractivity contribution in [2.24, 2.45) is 5.92 Å². The summed E-state index contributed by atoms with van der Waals surface area (Å²) in [6, 6.07) is 0.629. The second kappa shape index (κ2) is 4.80. The second-order valence-electron chi connectivity index (χ2n) is 3.98. The fourth-order valence-corrected chi connectivity index (χ4v) is 1.68. The van der Waals surface area contributed by atoms with Crippen LogP contribution in [0.4, 0.5) is 0 Å². The predicted octanol–water partition coefficient (Wildman–Crippen LogP) is -0.0915. The van der Waals surface area contributed by atoms with Gasteiger partial charge in [0.15, 0.2) is 0 Å². The number of hydrogen-bond donors (Lipinski definition) is 2. The molecule has 0 aromatic carbocycles. The molecule has 2 atom stereocenters. The maximum absolute atomic E-state index is 8.91. The maximum atomic E-state index is 8.91. The van der Waals surface area contributed by atoms with Crippen molar-refractivity contribution in [3.05, 3.63) is 0 Å². The third kappa shape index (κ3) is 3.09. The van der Waals surface area contributed by atoms with E-state index in [4.69, 9.17) is 5.11 Å². The van der Waals surface area contributed by atoms with Crippen LogP contribution in [0.5, 0.6) is 0 Å². The predicted molar refractivity (Wildman–Crippen MR) is 50.2 cm³/mol. The highest BCUT2D eigenvalue weighted by Gasteiger charge is 2.22. The van der Waals surface area contributed by atoms with Gasteiger partial charge in [-0.05, 0) is 39.4 Å². The van der Waals surface area contributed by atoms with Crippen LogP contribution in [0, 0.1) is 5.92 Å². The number of rotatable bonds is 4. The van der Waals surface area contributed by atoms with Crippen molar-refractivity contribution in [2.45, 2.75) is 18.9 Å². The van der Waals surface area contributed by atoms with Gasteiger partial charge in [0, 0.05) is 19.2 Å². The Hall–Kier alpha value is -0.120. The Labute approximate surface area is 74.8 Å². The van der Waals surface area contributed by atoms with Gasteiger partial charge in [0.2, 0.25) is 0 Å². The third-order valence-corrected chi connectivity index (χ3v) is 2.50. The molecule has 0 aromatic heterocycles. The van der Waals surface area contributed by atoms with Crippen LogP contribution in [0.1, 0.15) is 12.8 Å².